The van der Waals surface area contributed by atoms with Crippen LogP contribution in [0.1, 0.15) is 28.4 Å². The van der Waals surface area contributed by atoms with Gasteiger partial charge in [-0.2, -0.15) is 0 Å². The predicted octanol–water partition coefficient (Wildman–Crippen LogP) is 6.32. The van der Waals surface area contributed by atoms with Gasteiger partial charge in [0.25, 0.3) is 0 Å². The number of carbonyl (C=O) groups excluding carboxylic acids is 1. The molecule has 0 aliphatic carbocycles. The second-order valence-electron chi connectivity index (χ2n) is 8.07. The SMILES string of the molecule is COc1ccc2[nH]c3c(c2c1)CCN(C(=O)Nc1ccc(Cl)cc1)[C@H]3c1ccccc1C. The molecule has 0 fully saturated rings. The number of benzene rings is 3. The predicted molar refractivity (Wildman–Crippen MR) is 129 cm³/mol. The molecule has 0 saturated heterocycles. The number of nitrogens with zero attached hydrogens (tertiary/aromatic N) is 1. The highest BCUT2D eigenvalue weighted by atomic mass is 35.5. The number of urea groups is 1. The lowest BCUT2D eigenvalue weighted by atomic mass is 9.90. The van der Waals surface area contributed by atoms with Crippen LogP contribution in [0.25, 0.3) is 10.9 Å². The molecule has 0 saturated carbocycles. The summed E-state index contributed by atoms with van der Waals surface area (Å²) in [7, 11) is 1.68. The van der Waals surface area contributed by atoms with Crippen LogP contribution in [0.4, 0.5) is 10.5 Å². The van der Waals surface area contributed by atoms with Gasteiger partial charge >= 0.3 is 6.03 Å². The van der Waals surface area contributed by atoms with E-state index >= 15 is 0 Å². The third kappa shape index (κ3) is 3.59. The monoisotopic (exact) mass is 445 g/mol. The zero-order valence-electron chi connectivity index (χ0n) is 18.0. The standard InChI is InChI=1S/C26H24ClN3O2/c1-16-5-3-4-6-20(16)25-24-21(22-15-19(32-2)11-12-23(22)29-24)13-14-30(25)26(31)28-18-9-7-17(27)8-10-18/h3-12,15,25,29H,13-14H2,1-2H3,(H,28,31)/t25-/m0/s1. The quantitative estimate of drug-likeness (QED) is 0.387. The summed E-state index contributed by atoms with van der Waals surface area (Å²) in [6.07, 6.45) is 0.763. The molecule has 0 bridgehead atoms. The van der Waals surface area contributed by atoms with E-state index in [0.717, 1.165) is 45.6 Å². The molecule has 5 rings (SSSR count). The van der Waals surface area contributed by atoms with Gasteiger partial charge in [-0.3, -0.25) is 0 Å². The summed E-state index contributed by atoms with van der Waals surface area (Å²) in [5.74, 6) is 0.828. The smallest absolute Gasteiger partial charge is 0.322 e. The molecule has 1 aliphatic heterocycles. The van der Waals surface area contributed by atoms with E-state index in [1.54, 1.807) is 19.2 Å². The number of methoxy groups -OCH3 is 1. The Bertz CT molecular complexity index is 1300. The highest BCUT2D eigenvalue weighted by molar-refractivity contribution is 6.30. The number of aromatic amines is 1. The van der Waals surface area contributed by atoms with Crippen molar-refractivity contribution in [3.63, 3.8) is 0 Å². The van der Waals surface area contributed by atoms with E-state index in [9.17, 15) is 4.79 Å². The fourth-order valence-corrected chi connectivity index (χ4v) is 4.68. The molecule has 2 amide bonds. The van der Waals surface area contributed by atoms with Gasteiger partial charge in [-0.1, -0.05) is 35.9 Å². The summed E-state index contributed by atoms with van der Waals surface area (Å²) in [5, 5.41) is 4.82. The van der Waals surface area contributed by atoms with Gasteiger partial charge in [0.1, 0.15) is 5.75 Å². The molecule has 0 unspecified atom stereocenters. The summed E-state index contributed by atoms with van der Waals surface area (Å²) in [4.78, 5) is 18.9. The molecule has 2 N–H and O–H groups in total. The number of carbonyl (C=O) groups is 1. The fourth-order valence-electron chi connectivity index (χ4n) is 4.56. The number of ether oxygens (including phenoxy) is 1. The summed E-state index contributed by atoms with van der Waals surface area (Å²) < 4.78 is 5.45. The molecule has 5 nitrogen and oxygen atoms in total. The minimum absolute atomic E-state index is 0.137. The van der Waals surface area contributed by atoms with Crippen LogP contribution in [0.2, 0.25) is 5.02 Å². The van der Waals surface area contributed by atoms with Gasteiger partial charge in [-0.15, -0.1) is 0 Å². The Labute approximate surface area is 192 Å². The molecule has 32 heavy (non-hydrogen) atoms. The van der Waals surface area contributed by atoms with Gasteiger partial charge in [-0.25, -0.2) is 4.79 Å². The molecular weight excluding hydrogens is 422 g/mol. The van der Waals surface area contributed by atoms with Crippen molar-refractivity contribution in [1.29, 1.82) is 0 Å². The molecule has 1 aliphatic rings. The van der Waals surface area contributed by atoms with Crippen LogP contribution in [0.3, 0.4) is 0 Å². The van der Waals surface area contributed by atoms with E-state index in [1.165, 1.54) is 5.56 Å². The van der Waals surface area contributed by atoms with Crippen LogP contribution in [0, 0.1) is 6.92 Å². The van der Waals surface area contributed by atoms with Crippen molar-refractivity contribution >= 4 is 34.2 Å². The lowest BCUT2D eigenvalue weighted by molar-refractivity contribution is 0.193. The number of amides is 2. The number of hydrogen-bond acceptors (Lipinski definition) is 2. The van der Waals surface area contributed by atoms with Crippen molar-refractivity contribution < 1.29 is 9.53 Å². The maximum atomic E-state index is 13.4. The second kappa shape index (κ2) is 8.24. The number of aryl methyl sites for hydroxylation is 1. The van der Waals surface area contributed by atoms with Crippen LogP contribution in [0.15, 0.2) is 66.7 Å². The van der Waals surface area contributed by atoms with Crippen LogP contribution < -0.4 is 10.1 Å². The number of anilines is 1. The van der Waals surface area contributed by atoms with Crippen molar-refractivity contribution in [3.05, 3.63) is 94.1 Å². The molecule has 6 heteroatoms. The average Bonchev–Trinajstić information content (AvgIpc) is 3.18. The largest absolute Gasteiger partial charge is 0.497 e. The first-order chi connectivity index (χ1) is 15.5. The Morgan fingerprint density at radius 2 is 1.91 bits per heavy atom. The van der Waals surface area contributed by atoms with E-state index in [2.05, 4.69) is 35.4 Å². The summed E-state index contributed by atoms with van der Waals surface area (Å²) in [6.45, 7) is 2.69. The Morgan fingerprint density at radius 1 is 1.12 bits per heavy atom. The average molecular weight is 446 g/mol. The Morgan fingerprint density at radius 3 is 2.66 bits per heavy atom. The Kier molecular flexibility index (Phi) is 5.27. The molecule has 162 valence electrons. The van der Waals surface area contributed by atoms with Gasteiger partial charge < -0.3 is 19.9 Å². The van der Waals surface area contributed by atoms with E-state index in [0.29, 0.717) is 11.6 Å². The summed E-state index contributed by atoms with van der Waals surface area (Å²) in [6, 6.07) is 21.1. The molecule has 1 atom stereocenters. The van der Waals surface area contributed by atoms with E-state index in [4.69, 9.17) is 16.3 Å². The van der Waals surface area contributed by atoms with E-state index in [1.807, 2.05) is 41.3 Å². The van der Waals surface area contributed by atoms with Crippen molar-refractivity contribution in [2.24, 2.45) is 0 Å². The number of rotatable bonds is 3. The normalized spacial score (nSPS) is 15.5. The summed E-state index contributed by atoms with van der Waals surface area (Å²) >= 11 is 6.00. The number of aromatic nitrogens is 1. The second-order valence-corrected chi connectivity index (χ2v) is 8.50. The number of nitrogens with one attached hydrogen (secondary N) is 2. The number of fused-ring (bicyclic) bond motifs is 3. The van der Waals surface area contributed by atoms with Gasteiger partial charge in [-0.05, 0) is 72.5 Å². The van der Waals surface area contributed by atoms with Crippen LogP contribution in [0.5, 0.6) is 5.75 Å². The fraction of sp³-hybridized carbons (Fsp3) is 0.192. The van der Waals surface area contributed by atoms with E-state index < -0.39 is 0 Å². The van der Waals surface area contributed by atoms with E-state index in [-0.39, 0.29) is 12.1 Å². The third-order valence-electron chi connectivity index (χ3n) is 6.17. The highest BCUT2D eigenvalue weighted by Crippen LogP contribution is 2.40. The number of H-pyrrole nitrogens is 1. The molecule has 4 aromatic rings. The molecule has 1 aromatic heterocycles. The Hall–Kier alpha value is -3.44. The van der Waals surface area contributed by atoms with Crippen molar-refractivity contribution in [2.75, 3.05) is 19.0 Å². The van der Waals surface area contributed by atoms with Gasteiger partial charge in [0.2, 0.25) is 0 Å². The Balaban J connectivity index is 1.60. The maximum absolute atomic E-state index is 13.4. The van der Waals surface area contributed by atoms with Crippen molar-refractivity contribution in [2.45, 2.75) is 19.4 Å². The summed E-state index contributed by atoms with van der Waals surface area (Å²) in [5.41, 5.74) is 6.32. The number of hydrogen-bond donors (Lipinski definition) is 2. The van der Waals surface area contributed by atoms with Crippen LogP contribution in [-0.4, -0.2) is 29.6 Å². The minimum Gasteiger partial charge on any atom is -0.497 e. The lowest BCUT2D eigenvalue weighted by Gasteiger charge is -2.37. The lowest BCUT2D eigenvalue weighted by Crippen LogP contribution is -2.43. The molecule has 2 heterocycles. The highest BCUT2D eigenvalue weighted by Gasteiger charge is 2.35. The molecule has 0 spiro atoms. The minimum atomic E-state index is -0.217. The van der Waals surface area contributed by atoms with Crippen LogP contribution >= 0.6 is 11.6 Å². The maximum Gasteiger partial charge on any atom is 0.322 e. The van der Waals surface area contributed by atoms with Crippen LogP contribution in [-0.2, 0) is 6.42 Å². The molecule has 0 radical (unpaired) electrons. The van der Waals surface area contributed by atoms with Gasteiger partial charge in [0, 0.05) is 33.9 Å². The third-order valence-corrected chi connectivity index (χ3v) is 6.43. The first-order valence-electron chi connectivity index (χ1n) is 10.6. The van der Waals surface area contributed by atoms with Gasteiger partial charge in [0.15, 0.2) is 0 Å². The topological polar surface area (TPSA) is 57.4 Å². The van der Waals surface area contributed by atoms with Crippen molar-refractivity contribution in [3.8, 4) is 5.75 Å². The van der Waals surface area contributed by atoms with Crippen molar-refractivity contribution in [1.82, 2.24) is 9.88 Å². The first kappa shape index (κ1) is 20.5. The zero-order valence-corrected chi connectivity index (χ0v) is 18.7. The zero-order chi connectivity index (χ0) is 22.2. The molecule has 3 aromatic carbocycles. The van der Waals surface area contributed by atoms with Gasteiger partial charge in [0.05, 0.1) is 13.2 Å². The number of halogens is 1. The first-order valence-corrected chi connectivity index (χ1v) is 11.0. The molecular formula is C26H24ClN3O2.